The molecule has 5 rings (SSSR count). The van der Waals surface area contributed by atoms with E-state index in [1.807, 2.05) is 30.3 Å². The van der Waals surface area contributed by atoms with Crippen LogP contribution < -0.4 is 5.32 Å². The Labute approximate surface area is 143 Å². The zero-order valence-corrected chi connectivity index (χ0v) is 14.0. The normalized spacial score (nSPS) is 36.5. The molecule has 4 bridgehead atoms. The molecule has 3 N–H and O–H groups in total. The first-order chi connectivity index (χ1) is 11.6. The molecule has 0 spiro atoms. The van der Waals surface area contributed by atoms with Crippen molar-refractivity contribution in [2.45, 2.75) is 50.6 Å². The number of aliphatic hydroxyl groups is 1. The molecular weight excluding hydrogens is 302 g/mol. The first kappa shape index (κ1) is 16.1. The molecule has 0 saturated heterocycles. The summed E-state index contributed by atoms with van der Waals surface area (Å²) in [6.45, 7) is -0.0832. The van der Waals surface area contributed by atoms with Crippen LogP contribution in [0, 0.1) is 23.2 Å². The number of aliphatic hydroxyl groups excluding tert-OH is 1. The summed E-state index contributed by atoms with van der Waals surface area (Å²) in [5.74, 6) is 1.38. The number of benzene rings is 1. The van der Waals surface area contributed by atoms with Crippen molar-refractivity contribution in [3.05, 3.63) is 35.9 Å². The van der Waals surface area contributed by atoms with Crippen molar-refractivity contribution in [1.29, 1.82) is 0 Å². The van der Waals surface area contributed by atoms with Crippen LogP contribution in [0.1, 0.15) is 50.1 Å². The van der Waals surface area contributed by atoms with Gasteiger partial charge >= 0.3 is 5.97 Å². The molecule has 0 heterocycles. The Kier molecular flexibility index (Phi) is 4.13. The number of hydrogen-bond acceptors (Lipinski definition) is 3. The molecule has 4 aliphatic carbocycles. The number of carboxylic acids is 1. The molecule has 130 valence electrons. The number of carbonyl (C=O) groups is 1. The molecule has 0 aliphatic heterocycles. The Morgan fingerprint density at radius 2 is 1.62 bits per heavy atom. The predicted octanol–water partition coefficient (Wildman–Crippen LogP) is 2.98. The van der Waals surface area contributed by atoms with Gasteiger partial charge < -0.3 is 10.2 Å². The van der Waals surface area contributed by atoms with Gasteiger partial charge in [-0.2, -0.15) is 0 Å². The van der Waals surface area contributed by atoms with Gasteiger partial charge in [-0.15, -0.1) is 0 Å². The van der Waals surface area contributed by atoms with E-state index in [0.717, 1.165) is 24.8 Å². The van der Waals surface area contributed by atoms with Crippen molar-refractivity contribution >= 4 is 5.97 Å². The average molecular weight is 329 g/mol. The van der Waals surface area contributed by atoms with Crippen LogP contribution in [-0.4, -0.2) is 28.8 Å². The summed E-state index contributed by atoms with van der Waals surface area (Å²) >= 11 is 0. The summed E-state index contributed by atoms with van der Waals surface area (Å²) in [5.41, 5.74) is 0.832. The zero-order valence-electron chi connectivity index (χ0n) is 14.0. The van der Waals surface area contributed by atoms with Gasteiger partial charge in [-0.05, 0) is 67.3 Å². The summed E-state index contributed by atoms with van der Waals surface area (Å²) < 4.78 is 0. The Bertz CT molecular complexity index is 565. The van der Waals surface area contributed by atoms with Crippen LogP contribution in [0.15, 0.2) is 30.3 Å². The third kappa shape index (κ3) is 2.76. The number of aliphatic carboxylic acids is 1. The summed E-state index contributed by atoms with van der Waals surface area (Å²) in [7, 11) is 0. The highest BCUT2D eigenvalue weighted by Crippen LogP contribution is 2.61. The van der Waals surface area contributed by atoms with E-state index in [2.05, 4.69) is 5.32 Å². The smallest absolute Gasteiger partial charge is 0.321 e. The minimum atomic E-state index is -0.758. The molecule has 1 aromatic carbocycles. The van der Waals surface area contributed by atoms with Gasteiger partial charge in [0.15, 0.2) is 0 Å². The fourth-order valence-electron chi connectivity index (χ4n) is 6.18. The fraction of sp³-hybridized carbons (Fsp3) is 0.650. The Morgan fingerprint density at radius 1 is 1.08 bits per heavy atom. The molecule has 0 unspecified atom stereocenters. The van der Waals surface area contributed by atoms with E-state index >= 15 is 0 Å². The molecule has 4 saturated carbocycles. The quantitative estimate of drug-likeness (QED) is 0.750. The van der Waals surface area contributed by atoms with Crippen LogP contribution in [0.25, 0.3) is 0 Å². The Hall–Kier alpha value is -1.39. The second-order valence-electron chi connectivity index (χ2n) is 8.36. The number of nitrogens with one attached hydrogen (secondary N) is 1. The second-order valence-corrected chi connectivity index (χ2v) is 8.36. The first-order valence-electron chi connectivity index (χ1n) is 9.24. The molecule has 4 aliphatic rings. The van der Waals surface area contributed by atoms with E-state index in [-0.39, 0.29) is 18.1 Å². The van der Waals surface area contributed by atoms with Gasteiger partial charge in [0.1, 0.15) is 6.04 Å². The summed E-state index contributed by atoms with van der Waals surface area (Å²) in [4.78, 5) is 12.2. The van der Waals surface area contributed by atoms with E-state index in [9.17, 15) is 15.0 Å². The fourth-order valence-corrected chi connectivity index (χ4v) is 6.18. The topological polar surface area (TPSA) is 69.6 Å². The lowest BCUT2D eigenvalue weighted by molar-refractivity contribution is -0.152. The second kappa shape index (κ2) is 6.16. The zero-order chi connectivity index (χ0) is 16.7. The van der Waals surface area contributed by atoms with Crippen molar-refractivity contribution in [3.63, 3.8) is 0 Å². The highest BCUT2D eigenvalue weighted by Gasteiger charge is 2.56. The molecular formula is C20H27NO3. The van der Waals surface area contributed by atoms with Crippen LogP contribution in [0.4, 0.5) is 0 Å². The standard InChI is InChI=1S/C20H27NO3/c22-12-17(16-4-2-1-3-5-16)21-18(19(23)24)20-9-13-6-14(10-20)8-15(7-13)11-20/h1-5,13-15,17-18,21-22H,6-12H2,(H,23,24)/t13?,14?,15?,17-,18-,20?/m1/s1. The van der Waals surface area contributed by atoms with Gasteiger partial charge in [-0.25, -0.2) is 0 Å². The lowest BCUT2D eigenvalue weighted by Crippen LogP contribution is -2.59. The maximum absolute atomic E-state index is 12.2. The predicted molar refractivity (Wildman–Crippen MR) is 91.4 cm³/mol. The van der Waals surface area contributed by atoms with Crippen molar-refractivity contribution < 1.29 is 15.0 Å². The van der Waals surface area contributed by atoms with Gasteiger partial charge in [0.2, 0.25) is 0 Å². The van der Waals surface area contributed by atoms with E-state index in [1.165, 1.54) is 19.3 Å². The molecule has 2 atom stereocenters. The monoisotopic (exact) mass is 329 g/mol. The van der Waals surface area contributed by atoms with Crippen molar-refractivity contribution in [3.8, 4) is 0 Å². The van der Waals surface area contributed by atoms with Crippen LogP contribution in [0.5, 0.6) is 0 Å². The third-order valence-electron chi connectivity index (χ3n) is 6.70. The molecule has 4 fully saturated rings. The van der Waals surface area contributed by atoms with Crippen molar-refractivity contribution in [1.82, 2.24) is 5.32 Å². The van der Waals surface area contributed by atoms with Crippen LogP contribution in [-0.2, 0) is 4.79 Å². The number of rotatable bonds is 6. The molecule has 0 amide bonds. The van der Waals surface area contributed by atoms with Crippen LogP contribution >= 0.6 is 0 Å². The lowest BCUT2D eigenvalue weighted by atomic mass is 9.47. The molecule has 4 heteroatoms. The first-order valence-corrected chi connectivity index (χ1v) is 9.24. The van der Waals surface area contributed by atoms with E-state index in [0.29, 0.717) is 17.8 Å². The molecule has 0 radical (unpaired) electrons. The molecule has 1 aromatic rings. The summed E-state index contributed by atoms with van der Waals surface area (Å²) in [6.07, 6.45) is 7.01. The maximum atomic E-state index is 12.2. The van der Waals surface area contributed by atoms with E-state index in [4.69, 9.17) is 0 Å². The van der Waals surface area contributed by atoms with E-state index in [1.54, 1.807) is 0 Å². The summed E-state index contributed by atoms with van der Waals surface area (Å²) in [5, 5.41) is 23.1. The molecule has 4 nitrogen and oxygen atoms in total. The minimum absolute atomic E-state index is 0.0832. The van der Waals surface area contributed by atoms with Crippen LogP contribution in [0.3, 0.4) is 0 Å². The number of hydrogen-bond donors (Lipinski definition) is 3. The van der Waals surface area contributed by atoms with Gasteiger partial charge in [-0.3, -0.25) is 10.1 Å². The van der Waals surface area contributed by atoms with Gasteiger partial charge in [0.05, 0.1) is 12.6 Å². The maximum Gasteiger partial charge on any atom is 0.321 e. The van der Waals surface area contributed by atoms with Crippen molar-refractivity contribution in [2.24, 2.45) is 23.2 Å². The van der Waals surface area contributed by atoms with Crippen molar-refractivity contribution in [2.75, 3.05) is 6.61 Å². The highest BCUT2D eigenvalue weighted by atomic mass is 16.4. The SMILES string of the molecule is O=C(O)[C@@H](N[C@H](CO)c1ccccc1)C12CC3CC(CC(C3)C1)C2. The van der Waals surface area contributed by atoms with Crippen LogP contribution in [0.2, 0.25) is 0 Å². The average Bonchev–Trinajstić information content (AvgIpc) is 2.54. The Morgan fingerprint density at radius 3 is 2.08 bits per heavy atom. The third-order valence-corrected chi connectivity index (χ3v) is 6.70. The largest absolute Gasteiger partial charge is 0.480 e. The van der Waals surface area contributed by atoms with E-state index < -0.39 is 12.0 Å². The Balaban J connectivity index is 1.59. The summed E-state index contributed by atoms with van der Waals surface area (Å²) in [6, 6.07) is 8.81. The molecule has 0 aromatic heterocycles. The highest BCUT2D eigenvalue weighted by molar-refractivity contribution is 5.75. The minimum Gasteiger partial charge on any atom is -0.480 e. The van der Waals surface area contributed by atoms with Gasteiger partial charge in [-0.1, -0.05) is 30.3 Å². The molecule has 24 heavy (non-hydrogen) atoms. The van der Waals surface area contributed by atoms with Gasteiger partial charge in [0.25, 0.3) is 0 Å². The number of carboxylic acid groups (broad SMARTS) is 1. The lowest BCUT2D eigenvalue weighted by Gasteiger charge is -2.59. The van der Waals surface area contributed by atoms with Gasteiger partial charge in [0, 0.05) is 0 Å².